The molecule has 2 rings (SSSR count). The van der Waals surface area contributed by atoms with Crippen molar-refractivity contribution in [2.75, 3.05) is 23.3 Å². The Morgan fingerprint density at radius 3 is 2.66 bits per heavy atom. The van der Waals surface area contributed by atoms with Crippen LogP contribution in [0.15, 0.2) is 23.5 Å². The van der Waals surface area contributed by atoms with Crippen molar-refractivity contribution in [2.24, 2.45) is 12.0 Å². The molecule has 1 atom stereocenters. The largest absolute Gasteiger partial charge is 0.471 e. The third kappa shape index (κ3) is 6.31. The Bertz CT molecular complexity index is 817. The quantitative estimate of drug-likeness (QED) is 0.502. The number of anilines is 2. The number of hydrogen-bond donors (Lipinski definition) is 2. The van der Waals surface area contributed by atoms with Crippen LogP contribution in [0, 0.1) is 0 Å². The summed E-state index contributed by atoms with van der Waals surface area (Å²) in [6.07, 6.45) is -2.09. The molecule has 1 saturated heterocycles. The molecule has 0 aliphatic carbocycles. The molecule has 2 amide bonds. The summed E-state index contributed by atoms with van der Waals surface area (Å²) in [6.45, 7) is 6.21. The maximum Gasteiger partial charge on any atom is 0.471 e. The van der Waals surface area contributed by atoms with Gasteiger partial charge in [0.05, 0.1) is 10.8 Å². The highest BCUT2D eigenvalue weighted by atomic mass is 79.9. The number of aryl methyl sites for hydroxylation is 1. The summed E-state index contributed by atoms with van der Waals surface area (Å²) in [7, 11) is 1.70. The highest BCUT2D eigenvalue weighted by Crippen LogP contribution is 2.28. The van der Waals surface area contributed by atoms with Crippen LogP contribution in [0.4, 0.5) is 24.7 Å². The fraction of sp³-hybridized carbons (Fsp3) is 0.529. The monoisotopic (exact) mass is 478 g/mol. The molecule has 1 aliphatic rings. The van der Waals surface area contributed by atoms with E-state index in [9.17, 15) is 22.8 Å². The smallest absolute Gasteiger partial charge is 0.355 e. The summed E-state index contributed by atoms with van der Waals surface area (Å²) in [5.41, 5.74) is 0.457. The van der Waals surface area contributed by atoms with Crippen LogP contribution >= 0.6 is 15.9 Å². The van der Waals surface area contributed by atoms with Gasteiger partial charge in [0.1, 0.15) is 11.4 Å². The zero-order valence-electron chi connectivity index (χ0n) is 16.0. The average molecular weight is 479 g/mol. The van der Waals surface area contributed by atoms with E-state index in [1.54, 1.807) is 18.7 Å². The van der Waals surface area contributed by atoms with Gasteiger partial charge < -0.3 is 15.5 Å². The Balaban J connectivity index is 2.09. The van der Waals surface area contributed by atoms with E-state index in [1.165, 1.54) is 6.20 Å². The molecular weight excluding hydrogens is 457 g/mol. The standard InChI is InChI=1S/C17H22BrF3N6O2/c1-10(23-11(2)18)14(28)25-13-9-22-26(3)15(13)27-7-4-5-12(6-8-27)24-16(29)17(19,20)21/h9,12H,1,4-8H2,2-3H3,(H,24,29)(H,25,28). The predicted molar refractivity (Wildman–Crippen MR) is 107 cm³/mol. The first-order chi connectivity index (χ1) is 13.5. The number of carbonyl (C=O) groups excluding carboxylic acids is 2. The Kier molecular flexibility index (Phi) is 7.44. The summed E-state index contributed by atoms with van der Waals surface area (Å²) in [5, 5.41) is 8.92. The van der Waals surface area contributed by atoms with Crippen molar-refractivity contribution in [1.82, 2.24) is 15.1 Å². The molecular formula is C17H22BrF3N6O2. The van der Waals surface area contributed by atoms with Gasteiger partial charge in [-0.25, -0.2) is 4.99 Å². The number of nitrogens with one attached hydrogen (secondary N) is 2. The molecule has 0 bridgehead atoms. The first-order valence-electron chi connectivity index (χ1n) is 8.84. The van der Waals surface area contributed by atoms with Gasteiger partial charge in [0, 0.05) is 26.2 Å². The lowest BCUT2D eigenvalue weighted by Crippen LogP contribution is -2.43. The van der Waals surface area contributed by atoms with E-state index >= 15 is 0 Å². The summed E-state index contributed by atoms with van der Waals surface area (Å²) < 4.78 is 39.5. The van der Waals surface area contributed by atoms with Gasteiger partial charge >= 0.3 is 12.1 Å². The lowest BCUT2D eigenvalue weighted by atomic mass is 10.1. The molecule has 2 heterocycles. The first-order valence-corrected chi connectivity index (χ1v) is 9.64. The number of rotatable bonds is 5. The van der Waals surface area contributed by atoms with Crippen molar-refractivity contribution < 1.29 is 22.8 Å². The molecule has 29 heavy (non-hydrogen) atoms. The van der Waals surface area contributed by atoms with Gasteiger partial charge in [-0.1, -0.05) is 6.58 Å². The Morgan fingerprint density at radius 1 is 1.34 bits per heavy atom. The molecule has 0 saturated carbocycles. The van der Waals surface area contributed by atoms with Gasteiger partial charge in [-0.3, -0.25) is 14.3 Å². The minimum Gasteiger partial charge on any atom is -0.355 e. The molecule has 1 aromatic heterocycles. The Morgan fingerprint density at radius 2 is 2.03 bits per heavy atom. The van der Waals surface area contributed by atoms with Crippen molar-refractivity contribution in [2.45, 2.75) is 38.4 Å². The Hall–Kier alpha value is -2.37. The van der Waals surface area contributed by atoms with Gasteiger partial charge in [0.25, 0.3) is 5.91 Å². The van der Waals surface area contributed by atoms with Gasteiger partial charge in [-0.2, -0.15) is 18.3 Å². The molecule has 0 aromatic carbocycles. The molecule has 1 aromatic rings. The number of halogens is 4. The minimum atomic E-state index is -4.90. The molecule has 8 nitrogen and oxygen atoms in total. The van der Waals surface area contributed by atoms with E-state index in [2.05, 4.69) is 37.9 Å². The molecule has 160 valence electrons. The van der Waals surface area contributed by atoms with Crippen LogP contribution < -0.4 is 15.5 Å². The van der Waals surface area contributed by atoms with Gasteiger partial charge in [-0.05, 0) is 42.1 Å². The van der Waals surface area contributed by atoms with Crippen LogP contribution in [0.2, 0.25) is 0 Å². The van der Waals surface area contributed by atoms with E-state index in [4.69, 9.17) is 0 Å². The van der Waals surface area contributed by atoms with Crippen molar-refractivity contribution >= 4 is 43.9 Å². The summed E-state index contributed by atoms with van der Waals surface area (Å²) in [4.78, 5) is 29.3. The second-order valence-corrected chi connectivity index (χ2v) is 7.75. The van der Waals surface area contributed by atoms with E-state index in [1.807, 2.05) is 10.2 Å². The van der Waals surface area contributed by atoms with E-state index in [-0.39, 0.29) is 5.70 Å². The van der Waals surface area contributed by atoms with E-state index in [0.717, 1.165) is 0 Å². The zero-order valence-corrected chi connectivity index (χ0v) is 17.6. The molecule has 1 fully saturated rings. The van der Waals surface area contributed by atoms with Gasteiger partial charge in [0.2, 0.25) is 0 Å². The van der Waals surface area contributed by atoms with Crippen LogP contribution in [0.5, 0.6) is 0 Å². The number of amides is 2. The highest BCUT2D eigenvalue weighted by Gasteiger charge is 2.39. The molecule has 0 spiro atoms. The maximum absolute atomic E-state index is 12.5. The number of aromatic nitrogens is 2. The zero-order chi connectivity index (χ0) is 21.8. The highest BCUT2D eigenvalue weighted by molar-refractivity contribution is 9.18. The van der Waals surface area contributed by atoms with E-state index < -0.39 is 24.0 Å². The lowest BCUT2D eigenvalue weighted by molar-refractivity contribution is -0.174. The van der Waals surface area contributed by atoms with Crippen molar-refractivity contribution in [3.05, 3.63) is 18.5 Å². The number of alkyl halides is 3. The maximum atomic E-state index is 12.5. The van der Waals surface area contributed by atoms with Crippen LogP contribution in [0.25, 0.3) is 0 Å². The summed E-state index contributed by atoms with van der Waals surface area (Å²) >= 11 is 3.14. The minimum absolute atomic E-state index is 0.0139. The summed E-state index contributed by atoms with van der Waals surface area (Å²) in [6, 6.07) is -0.573. The van der Waals surface area contributed by atoms with Gasteiger partial charge in [-0.15, -0.1) is 0 Å². The van der Waals surface area contributed by atoms with Gasteiger partial charge in [0.15, 0.2) is 5.82 Å². The topological polar surface area (TPSA) is 91.6 Å². The lowest BCUT2D eigenvalue weighted by Gasteiger charge is -2.24. The van der Waals surface area contributed by atoms with Crippen LogP contribution in [0.1, 0.15) is 26.2 Å². The number of hydrogen-bond acceptors (Lipinski definition) is 5. The average Bonchev–Trinajstić information content (AvgIpc) is 2.81. The second kappa shape index (κ2) is 9.42. The van der Waals surface area contributed by atoms with E-state index in [0.29, 0.717) is 48.5 Å². The number of nitrogens with zero attached hydrogens (tertiary/aromatic N) is 4. The molecule has 2 N–H and O–H groups in total. The van der Waals surface area contributed by atoms with Crippen LogP contribution in [-0.2, 0) is 16.6 Å². The Labute approximate surface area is 174 Å². The van der Waals surface area contributed by atoms with Crippen molar-refractivity contribution in [1.29, 1.82) is 0 Å². The molecule has 0 radical (unpaired) electrons. The summed E-state index contributed by atoms with van der Waals surface area (Å²) in [5.74, 6) is -1.80. The molecule has 1 aliphatic heterocycles. The molecule has 12 heteroatoms. The number of aliphatic imine (C=N–C) groups is 1. The predicted octanol–water partition coefficient (Wildman–Crippen LogP) is 2.72. The third-order valence-corrected chi connectivity index (χ3v) is 4.50. The fourth-order valence-corrected chi connectivity index (χ4v) is 3.26. The normalized spacial score (nSPS) is 18.2. The first kappa shape index (κ1) is 22.9. The third-order valence-electron chi connectivity index (χ3n) is 4.33. The fourth-order valence-electron chi connectivity index (χ4n) is 3.05. The SMILES string of the molecule is C=C(N=C(C)Br)C(=O)Nc1cnn(C)c1N1CCCC(NC(=O)C(F)(F)F)CC1. The van der Waals surface area contributed by atoms with Crippen LogP contribution in [0.3, 0.4) is 0 Å². The van der Waals surface area contributed by atoms with Crippen molar-refractivity contribution in [3.63, 3.8) is 0 Å². The van der Waals surface area contributed by atoms with Crippen molar-refractivity contribution in [3.8, 4) is 0 Å². The second-order valence-electron chi connectivity index (χ2n) is 6.60. The number of carbonyl (C=O) groups is 2. The van der Waals surface area contributed by atoms with Crippen LogP contribution in [-0.4, -0.2) is 51.5 Å². The molecule has 1 unspecified atom stereocenters.